The number of rotatable bonds is 7. The topological polar surface area (TPSA) is 79.3 Å². The predicted molar refractivity (Wildman–Crippen MR) is 120 cm³/mol. The largest absolute Gasteiger partial charge is 0.507 e. The second kappa shape index (κ2) is 10.3. The minimum Gasteiger partial charge on any atom is -0.507 e. The van der Waals surface area contributed by atoms with Gasteiger partial charge in [-0.25, -0.2) is 8.78 Å². The summed E-state index contributed by atoms with van der Waals surface area (Å²) in [5.41, 5.74) is -0.194. The van der Waals surface area contributed by atoms with Crippen LogP contribution in [0.4, 0.5) is 8.78 Å². The Balaban J connectivity index is 1.70. The van der Waals surface area contributed by atoms with Gasteiger partial charge in [-0.15, -0.1) is 0 Å². The van der Waals surface area contributed by atoms with E-state index in [1.54, 1.807) is 6.07 Å². The smallest absolute Gasteiger partial charge is 0.295 e. The predicted octanol–water partition coefficient (Wildman–Crippen LogP) is 3.12. The number of likely N-dealkylation sites (tertiary alicyclic amines) is 1. The van der Waals surface area contributed by atoms with Gasteiger partial charge in [0.05, 0.1) is 31.9 Å². The van der Waals surface area contributed by atoms with Crippen molar-refractivity contribution in [2.75, 3.05) is 46.5 Å². The fourth-order valence-corrected chi connectivity index (χ4v) is 4.39. The Morgan fingerprint density at radius 1 is 1.09 bits per heavy atom. The first-order chi connectivity index (χ1) is 16.4. The van der Waals surface area contributed by atoms with Crippen molar-refractivity contribution in [2.24, 2.45) is 0 Å². The summed E-state index contributed by atoms with van der Waals surface area (Å²) in [6.45, 7) is 3.70. The molecular formula is C25H26F2N2O5. The zero-order valence-electron chi connectivity index (χ0n) is 18.8. The fourth-order valence-electron chi connectivity index (χ4n) is 4.39. The second-order valence-electron chi connectivity index (χ2n) is 8.17. The Kier molecular flexibility index (Phi) is 7.23. The molecule has 1 atom stereocenters. The number of ether oxygens (including phenoxy) is 2. The number of ketones is 1. The van der Waals surface area contributed by atoms with Crippen LogP contribution in [0.5, 0.6) is 5.75 Å². The van der Waals surface area contributed by atoms with Crippen molar-refractivity contribution < 1.29 is 33.0 Å². The molecule has 1 amide bonds. The number of morpholine rings is 1. The molecule has 7 nitrogen and oxygen atoms in total. The van der Waals surface area contributed by atoms with Crippen LogP contribution in [0.1, 0.15) is 23.6 Å². The van der Waals surface area contributed by atoms with E-state index in [2.05, 4.69) is 4.90 Å². The first kappa shape index (κ1) is 23.8. The van der Waals surface area contributed by atoms with E-state index < -0.39 is 35.1 Å². The minimum atomic E-state index is -1.13. The Labute approximate surface area is 196 Å². The molecule has 2 aliphatic heterocycles. The molecule has 4 rings (SSSR count). The maximum Gasteiger partial charge on any atom is 0.295 e. The van der Waals surface area contributed by atoms with Gasteiger partial charge in [0, 0.05) is 37.3 Å². The van der Waals surface area contributed by atoms with E-state index in [1.807, 2.05) is 0 Å². The highest BCUT2D eigenvalue weighted by Gasteiger charge is 2.46. The van der Waals surface area contributed by atoms with Crippen LogP contribution < -0.4 is 4.74 Å². The number of aliphatic hydroxyl groups is 1. The number of hydrogen-bond donors (Lipinski definition) is 1. The van der Waals surface area contributed by atoms with Crippen molar-refractivity contribution in [1.82, 2.24) is 9.80 Å². The highest BCUT2D eigenvalue weighted by atomic mass is 19.1. The van der Waals surface area contributed by atoms with Crippen molar-refractivity contribution in [2.45, 2.75) is 12.5 Å². The normalized spacial score (nSPS) is 20.7. The van der Waals surface area contributed by atoms with Crippen LogP contribution in [0.3, 0.4) is 0 Å². The number of methoxy groups -OCH3 is 1. The molecule has 1 unspecified atom stereocenters. The molecule has 0 aromatic heterocycles. The summed E-state index contributed by atoms with van der Waals surface area (Å²) in [6, 6.07) is 8.37. The van der Waals surface area contributed by atoms with Crippen LogP contribution in [-0.4, -0.2) is 73.1 Å². The van der Waals surface area contributed by atoms with Crippen LogP contribution in [0, 0.1) is 11.6 Å². The lowest BCUT2D eigenvalue weighted by Crippen LogP contribution is -2.39. The van der Waals surface area contributed by atoms with Gasteiger partial charge in [-0.05, 0) is 30.7 Å². The van der Waals surface area contributed by atoms with Crippen LogP contribution in [-0.2, 0) is 14.3 Å². The molecule has 180 valence electrons. The quantitative estimate of drug-likeness (QED) is 0.379. The average Bonchev–Trinajstić information content (AvgIpc) is 3.09. The zero-order chi connectivity index (χ0) is 24.2. The van der Waals surface area contributed by atoms with E-state index in [0.717, 1.165) is 19.2 Å². The van der Waals surface area contributed by atoms with E-state index in [1.165, 1.54) is 42.3 Å². The molecule has 1 N–H and O–H groups in total. The maximum atomic E-state index is 14.8. The van der Waals surface area contributed by atoms with Crippen molar-refractivity contribution in [3.05, 3.63) is 70.8 Å². The van der Waals surface area contributed by atoms with E-state index in [4.69, 9.17) is 9.47 Å². The number of Topliss-reactive ketones (excluding diaryl/α,β-unsaturated/α-hetero) is 1. The molecule has 2 aromatic carbocycles. The van der Waals surface area contributed by atoms with Gasteiger partial charge in [0.25, 0.3) is 11.7 Å². The summed E-state index contributed by atoms with van der Waals surface area (Å²) in [5.74, 6) is -3.72. The lowest BCUT2D eigenvalue weighted by atomic mass is 9.94. The molecule has 0 spiro atoms. The summed E-state index contributed by atoms with van der Waals surface area (Å²) >= 11 is 0. The molecule has 34 heavy (non-hydrogen) atoms. The summed E-state index contributed by atoms with van der Waals surface area (Å²) in [6.07, 6.45) is 0.551. The Morgan fingerprint density at radius 2 is 1.82 bits per heavy atom. The molecule has 2 aliphatic rings. The van der Waals surface area contributed by atoms with Crippen LogP contribution in [0.25, 0.3) is 5.76 Å². The van der Waals surface area contributed by atoms with Gasteiger partial charge in [-0.3, -0.25) is 14.5 Å². The number of carbonyl (C=O) groups excluding carboxylic acids is 2. The molecular weight excluding hydrogens is 446 g/mol. The van der Waals surface area contributed by atoms with Crippen molar-refractivity contribution in [1.29, 1.82) is 0 Å². The molecule has 0 saturated carbocycles. The lowest BCUT2D eigenvalue weighted by Gasteiger charge is -2.29. The van der Waals surface area contributed by atoms with Crippen LogP contribution in [0.2, 0.25) is 0 Å². The van der Waals surface area contributed by atoms with Gasteiger partial charge in [-0.2, -0.15) is 0 Å². The number of halogens is 2. The van der Waals surface area contributed by atoms with Crippen LogP contribution >= 0.6 is 0 Å². The fraction of sp³-hybridized carbons (Fsp3) is 0.360. The second-order valence-corrected chi connectivity index (χ2v) is 8.17. The summed E-state index contributed by atoms with van der Waals surface area (Å²) in [7, 11) is 1.30. The molecule has 0 aliphatic carbocycles. The van der Waals surface area contributed by atoms with E-state index in [9.17, 15) is 23.5 Å². The monoisotopic (exact) mass is 472 g/mol. The van der Waals surface area contributed by atoms with Gasteiger partial charge in [0.2, 0.25) is 0 Å². The van der Waals surface area contributed by atoms with Gasteiger partial charge in [-0.1, -0.05) is 18.2 Å². The minimum absolute atomic E-state index is 0.00837. The number of amides is 1. The van der Waals surface area contributed by atoms with E-state index >= 15 is 0 Å². The Hall–Kier alpha value is -3.30. The average molecular weight is 472 g/mol. The third-order valence-corrected chi connectivity index (χ3v) is 6.14. The SMILES string of the molecule is COc1ccc(/C(O)=C2\C(=O)C(=O)N(CCCN3CCOCC3)C2c2ccccc2F)cc1F. The zero-order valence-corrected chi connectivity index (χ0v) is 18.8. The molecule has 2 saturated heterocycles. The van der Waals surface area contributed by atoms with Crippen molar-refractivity contribution in [3.8, 4) is 5.75 Å². The Morgan fingerprint density at radius 3 is 2.50 bits per heavy atom. The summed E-state index contributed by atoms with van der Waals surface area (Å²) < 4.78 is 39.4. The maximum absolute atomic E-state index is 14.8. The molecule has 9 heteroatoms. The lowest BCUT2D eigenvalue weighted by molar-refractivity contribution is -0.140. The summed E-state index contributed by atoms with van der Waals surface area (Å²) in [5, 5.41) is 11.0. The third-order valence-electron chi connectivity index (χ3n) is 6.14. The van der Waals surface area contributed by atoms with Crippen molar-refractivity contribution >= 4 is 17.4 Å². The van der Waals surface area contributed by atoms with Gasteiger partial charge < -0.3 is 19.5 Å². The molecule has 0 radical (unpaired) electrons. The van der Waals surface area contributed by atoms with Gasteiger partial charge >= 0.3 is 0 Å². The van der Waals surface area contributed by atoms with Crippen molar-refractivity contribution in [3.63, 3.8) is 0 Å². The summed E-state index contributed by atoms with van der Waals surface area (Å²) in [4.78, 5) is 29.5. The van der Waals surface area contributed by atoms with Crippen LogP contribution in [0.15, 0.2) is 48.0 Å². The number of nitrogens with zero attached hydrogens (tertiary/aromatic N) is 2. The number of carbonyl (C=O) groups is 2. The highest BCUT2D eigenvalue weighted by molar-refractivity contribution is 6.46. The number of hydrogen-bond acceptors (Lipinski definition) is 6. The first-order valence-electron chi connectivity index (χ1n) is 11.1. The molecule has 2 aromatic rings. The highest BCUT2D eigenvalue weighted by Crippen LogP contribution is 2.40. The molecule has 2 heterocycles. The Bertz CT molecular complexity index is 1110. The van der Waals surface area contributed by atoms with Gasteiger partial charge in [0.15, 0.2) is 11.6 Å². The number of benzene rings is 2. The van der Waals surface area contributed by atoms with E-state index in [0.29, 0.717) is 26.2 Å². The third kappa shape index (κ3) is 4.67. The number of aliphatic hydroxyl groups excluding tert-OH is 1. The first-order valence-corrected chi connectivity index (χ1v) is 11.1. The molecule has 2 fully saturated rings. The van der Waals surface area contributed by atoms with E-state index in [-0.39, 0.29) is 29.0 Å². The molecule has 0 bridgehead atoms. The van der Waals surface area contributed by atoms with Gasteiger partial charge in [0.1, 0.15) is 11.6 Å². The standard InChI is InChI=1S/C25H26F2N2O5/c1-33-20-8-7-16(15-19(20)27)23(30)21-22(17-5-2-3-6-18(17)26)29(25(32)24(21)31)10-4-9-28-11-13-34-14-12-28/h2-3,5-8,15,22,30H,4,9-14H2,1H3/b23-21+.